The second kappa shape index (κ2) is 6.39. The molecule has 1 heterocycles. The molecule has 2 aromatic rings. The number of benzene rings is 1. The molecule has 0 saturated carbocycles. The molecule has 19 heavy (non-hydrogen) atoms. The van der Waals surface area contributed by atoms with Crippen molar-refractivity contribution in [1.82, 2.24) is 0 Å². The number of hydrogen-bond acceptors (Lipinski definition) is 3. The lowest BCUT2D eigenvalue weighted by Crippen LogP contribution is -2.07. The molecular weight excluding hydrogens is 376 g/mol. The lowest BCUT2D eigenvalue weighted by molar-refractivity contribution is -0.142. The fraction of sp³-hybridized carbons (Fsp3) is 0.214. The summed E-state index contributed by atoms with van der Waals surface area (Å²) in [5.74, 6) is 0.536. The van der Waals surface area contributed by atoms with Gasteiger partial charge in [-0.2, -0.15) is 0 Å². The number of rotatable bonds is 4. The third-order valence-corrected chi connectivity index (χ3v) is 3.77. The Labute approximate surface area is 128 Å². The summed E-state index contributed by atoms with van der Waals surface area (Å²) in [4.78, 5) is 11.5. The van der Waals surface area contributed by atoms with Crippen molar-refractivity contribution in [3.63, 3.8) is 0 Å². The molecule has 1 aromatic carbocycles. The fourth-order valence-corrected chi connectivity index (χ4v) is 3.43. The third-order valence-electron chi connectivity index (χ3n) is 2.52. The predicted octanol–water partition coefficient (Wildman–Crippen LogP) is 4.58. The number of carbonyl (C=O) groups is 1. The van der Waals surface area contributed by atoms with E-state index in [1.165, 1.54) is 0 Å². The number of carbonyl (C=O) groups excluding carboxylic acids is 1. The van der Waals surface area contributed by atoms with Crippen molar-refractivity contribution in [2.75, 3.05) is 6.61 Å². The normalized spacial score (nSPS) is 10.5. The van der Waals surface area contributed by atoms with E-state index in [9.17, 15) is 4.79 Å². The summed E-state index contributed by atoms with van der Waals surface area (Å²) in [7, 11) is 0. The van der Waals surface area contributed by atoms with E-state index in [2.05, 4.69) is 31.9 Å². The Morgan fingerprint density at radius 2 is 2.00 bits per heavy atom. The first kappa shape index (κ1) is 14.3. The Morgan fingerprint density at radius 3 is 2.53 bits per heavy atom. The zero-order valence-electron chi connectivity index (χ0n) is 10.3. The van der Waals surface area contributed by atoms with Gasteiger partial charge in [0.2, 0.25) is 0 Å². The van der Waals surface area contributed by atoms with Gasteiger partial charge >= 0.3 is 5.97 Å². The summed E-state index contributed by atoms with van der Waals surface area (Å²) in [6.45, 7) is 2.19. The molecule has 0 bridgehead atoms. The monoisotopic (exact) mass is 386 g/mol. The summed E-state index contributed by atoms with van der Waals surface area (Å²) in [5.41, 5.74) is 1.81. The van der Waals surface area contributed by atoms with E-state index >= 15 is 0 Å². The molecule has 0 aliphatic heterocycles. The van der Waals surface area contributed by atoms with E-state index in [0.717, 1.165) is 25.8 Å². The zero-order valence-corrected chi connectivity index (χ0v) is 13.5. The SMILES string of the molecule is CCOC(=O)Cc1cc(Br)c(-c2ccco2)c(Br)c1. The van der Waals surface area contributed by atoms with Gasteiger partial charge in [0.05, 0.1) is 19.3 Å². The highest BCUT2D eigenvalue weighted by molar-refractivity contribution is 9.11. The number of ether oxygens (including phenoxy) is 1. The molecule has 0 saturated heterocycles. The first-order valence-corrected chi connectivity index (χ1v) is 7.37. The van der Waals surface area contributed by atoms with Gasteiger partial charge in [0.1, 0.15) is 5.76 Å². The van der Waals surface area contributed by atoms with Gasteiger partial charge in [-0.15, -0.1) is 0 Å². The molecule has 0 atom stereocenters. The van der Waals surface area contributed by atoms with Crippen LogP contribution in [0.1, 0.15) is 12.5 Å². The van der Waals surface area contributed by atoms with Crippen LogP contribution in [0.15, 0.2) is 43.9 Å². The maximum Gasteiger partial charge on any atom is 0.310 e. The summed E-state index contributed by atoms with van der Waals surface area (Å²) < 4.78 is 12.1. The topological polar surface area (TPSA) is 39.4 Å². The zero-order chi connectivity index (χ0) is 13.8. The standard InChI is InChI=1S/C14H12Br2O3/c1-2-18-13(17)8-9-6-10(15)14(11(16)7-9)12-4-3-5-19-12/h3-7H,2,8H2,1H3. The lowest BCUT2D eigenvalue weighted by atomic mass is 10.1. The minimum Gasteiger partial charge on any atom is -0.466 e. The molecule has 1 aromatic heterocycles. The number of furan rings is 1. The summed E-state index contributed by atoms with van der Waals surface area (Å²) in [6, 6.07) is 7.52. The summed E-state index contributed by atoms with van der Waals surface area (Å²) in [6.07, 6.45) is 1.88. The van der Waals surface area contributed by atoms with Crippen LogP contribution in [-0.2, 0) is 16.0 Å². The smallest absolute Gasteiger partial charge is 0.310 e. The van der Waals surface area contributed by atoms with E-state index in [0.29, 0.717) is 6.61 Å². The Morgan fingerprint density at radius 1 is 1.32 bits per heavy atom. The molecule has 0 aliphatic rings. The molecule has 0 N–H and O–H groups in total. The van der Waals surface area contributed by atoms with Crippen LogP contribution in [0.3, 0.4) is 0 Å². The van der Waals surface area contributed by atoms with Crippen LogP contribution in [0.2, 0.25) is 0 Å². The average molecular weight is 388 g/mol. The van der Waals surface area contributed by atoms with E-state index in [-0.39, 0.29) is 12.4 Å². The molecule has 0 amide bonds. The van der Waals surface area contributed by atoms with Gasteiger partial charge in [-0.1, -0.05) is 0 Å². The Bertz CT molecular complexity index is 553. The molecular formula is C14H12Br2O3. The van der Waals surface area contributed by atoms with Crippen LogP contribution in [-0.4, -0.2) is 12.6 Å². The van der Waals surface area contributed by atoms with Gasteiger partial charge in [-0.05, 0) is 68.6 Å². The van der Waals surface area contributed by atoms with Crippen molar-refractivity contribution in [3.05, 3.63) is 45.0 Å². The number of hydrogen-bond donors (Lipinski definition) is 0. The molecule has 0 aliphatic carbocycles. The first-order valence-electron chi connectivity index (χ1n) is 5.79. The van der Waals surface area contributed by atoms with Gasteiger partial charge in [0.15, 0.2) is 0 Å². The average Bonchev–Trinajstić information content (AvgIpc) is 2.81. The minimum absolute atomic E-state index is 0.230. The third kappa shape index (κ3) is 3.48. The molecule has 0 unspecified atom stereocenters. The summed E-state index contributed by atoms with van der Waals surface area (Å²) in [5, 5.41) is 0. The van der Waals surface area contributed by atoms with Gasteiger partial charge in [-0.25, -0.2) is 0 Å². The minimum atomic E-state index is -0.230. The molecule has 3 nitrogen and oxygen atoms in total. The fourth-order valence-electron chi connectivity index (χ4n) is 1.76. The predicted molar refractivity (Wildman–Crippen MR) is 79.9 cm³/mol. The Hall–Kier alpha value is -1.07. The van der Waals surface area contributed by atoms with E-state index in [1.807, 2.05) is 24.3 Å². The van der Waals surface area contributed by atoms with Crippen LogP contribution in [0.4, 0.5) is 0 Å². The van der Waals surface area contributed by atoms with Crippen molar-refractivity contribution in [1.29, 1.82) is 0 Å². The van der Waals surface area contributed by atoms with Gasteiger partial charge in [0, 0.05) is 14.5 Å². The number of esters is 1. The summed E-state index contributed by atoms with van der Waals surface area (Å²) >= 11 is 7.01. The Balaban J connectivity index is 2.29. The van der Waals surface area contributed by atoms with Crippen molar-refractivity contribution in [2.45, 2.75) is 13.3 Å². The molecule has 0 fully saturated rings. The highest BCUT2D eigenvalue weighted by Gasteiger charge is 2.14. The quantitative estimate of drug-likeness (QED) is 0.721. The van der Waals surface area contributed by atoms with Crippen LogP contribution in [0, 0.1) is 0 Å². The molecule has 5 heteroatoms. The molecule has 0 spiro atoms. The Kier molecular flexibility index (Phi) is 4.82. The molecule has 2 rings (SSSR count). The van der Waals surface area contributed by atoms with Crippen molar-refractivity contribution in [3.8, 4) is 11.3 Å². The van der Waals surface area contributed by atoms with Crippen LogP contribution < -0.4 is 0 Å². The maximum atomic E-state index is 11.5. The van der Waals surface area contributed by atoms with Gasteiger partial charge in [0.25, 0.3) is 0 Å². The van der Waals surface area contributed by atoms with Crippen LogP contribution >= 0.6 is 31.9 Å². The first-order chi connectivity index (χ1) is 9.11. The van der Waals surface area contributed by atoms with E-state index in [1.54, 1.807) is 13.2 Å². The second-order valence-electron chi connectivity index (χ2n) is 3.89. The van der Waals surface area contributed by atoms with E-state index in [4.69, 9.17) is 9.15 Å². The number of halogens is 2. The highest BCUT2D eigenvalue weighted by atomic mass is 79.9. The largest absolute Gasteiger partial charge is 0.466 e. The highest BCUT2D eigenvalue weighted by Crippen LogP contribution is 2.36. The van der Waals surface area contributed by atoms with Crippen molar-refractivity contribution in [2.24, 2.45) is 0 Å². The van der Waals surface area contributed by atoms with Crippen LogP contribution in [0.25, 0.3) is 11.3 Å². The lowest BCUT2D eigenvalue weighted by Gasteiger charge is -2.08. The maximum absolute atomic E-state index is 11.5. The molecule has 100 valence electrons. The van der Waals surface area contributed by atoms with Crippen molar-refractivity contribution >= 4 is 37.8 Å². The van der Waals surface area contributed by atoms with Crippen LogP contribution in [0.5, 0.6) is 0 Å². The molecule has 0 radical (unpaired) electrons. The van der Waals surface area contributed by atoms with E-state index < -0.39 is 0 Å². The second-order valence-corrected chi connectivity index (χ2v) is 5.60. The van der Waals surface area contributed by atoms with Gasteiger partial charge < -0.3 is 9.15 Å². The van der Waals surface area contributed by atoms with Gasteiger partial charge in [-0.3, -0.25) is 4.79 Å². The van der Waals surface area contributed by atoms with Crippen molar-refractivity contribution < 1.29 is 13.9 Å².